The second kappa shape index (κ2) is 23.2. The summed E-state index contributed by atoms with van der Waals surface area (Å²) in [4.78, 5) is 0. The van der Waals surface area contributed by atoms with Crippen LogP contribution in [-0.4, -0.2) is 51.0 Å². The first-order chi connectivity index (χ1) is 5.83. The molecule has 0 atom stereocenters. The minimum Gasteiger partial charge on any atom is -0.854 e. The monoisotopic (exact) mass is 214 g/mol. The molecule has 0 N–H and O–H groups in total. The summed E-state index contributed by atoms with van der Waals surface area (Å²) >= 11 is 0. The van der Waals surface area contributed by atoms with Crippen molar-refractivity contribution in [1.82, 2.24) is 0 Å². The molecule has 0 rings (SSSR count). The number of hydrogen-bond acceptors (Lipinski definition) is 2. The maximum Gasteiger partial charge on any atom is 2.00 e. The zero-order chi connectivity index (χ0) is 9.66. The molecule has 0 aromatic rings. The fraction of sp³-hybridized carbons (Fsp3) is 1.00. The van der Waals surface area contributed by atoms with E-state index in [0.29, 0.717) is 0 Å². The first-order valence-electron chi connectivity index (χ1n) is 4.99. The van der Waals surface area contributed by atoms with Crippen LogP contribution in [0.1, 0.15) is 52.4 Å². The molecule has 0 aromatic heterocycles. The van der Waals surface area contributed by atoms with Gasteiger partial charge in [0, 0.05) is 0 Å². The van der Waals surface area contributed by atoms with Crippen molar-refractivity contribution in [2.45, 2.75) is 52.4 Å². The molecule has 0 radical (unpaired) electrons. The Morgan fingerprint density at radius 2 is 1.00 bits per heavy atom. The van der Waals surface area contributed by atoms with Gasteiger partial charge in [0.2, 0.25) is 0 Å². The fourth-order valence-electron chi connectivity index (χ4n) is 0.704. The maximum absolute atomic E-state index is 9.69. The largest absolute Gasteiger partial charge is 2.00 e. The van der Waals surface area contributed by atoms with E-state index in [-0.39, 0.29) is 51.0 Å². The van der Waals surface area contributed by atoms with Crippen molar-refractivity contribution in [3.05, 3.63) is 0 Å². The molecule has 0 amide bonds. The Morgan fingerprint density at radius 1 is 0.692 bits per heavy atom. The van der Waals surface area contributed by atoms with Crippen molar-refractivity contribution < 1.29 is 10.2 Å². The van der Waals surface area contributed by atoms with Gasteiger partial charge in [-0.25, -0.2) is 0 Å². The van der Waals surface area contributed by atoms with E-state index < -0.39 is 0 Å². The number of hydrogen-bond donors (Lipinski definition) is 0. The minimum atomic E-state index is 0. The van der Waals surface area contributed by atoms with Crippen molar-refractivity contribution >= 4 is 37.7 Å². The molecule has 0 bridgehead atoms. The average Bonchev–Trinajstić information content (AvgIpc) is 2.12. The van der Waals surface area contributed by atoms with Gasteiger partial charge in [0.15, 0.2) is 0 Å². The van der Waals surface area contributed by atoms with Gasteiger partial charge in [-0.1, -0.05) is 52.4 Å². The van der Waals surface area contributed by atoms with Crippen LogP contribution < -0.4 is 10.2 Å². The molecule has 0 heterocycles. The van der Waals surface area contributed by atoms with Gasteiger partial charge in [-0.2, -0.15) is 0 Å². The van der Waals surface area contributed by atoms with Gasteiger partial charge in [-0.3, -0.25) is 0 Å². The van der Waals surface area contributed by atoms with Crippen LogP contribution in [0, 0.1) is 0 Å². The quantitative estimate of drug-likeness (QED) is 0.482. The second-order valence-corrected chi connectivity index (χ2v) is 2.82. The Hall–Kier alpha value is 1.18. The molecule has 0 saturated carbocycles. The van der Waals surface area contributed by atoms with E-state index in [4.69, 9.17) is 0 Å². The molecule has 0 fully saturated rings. The van der Waals surface area contributed by atoms with E-state index >= 15 is 0 Å². The van der Waals surface area contributed by atoms with Gasteiger partial charge in [0.1, 0.15) is 0 Å². The molecule has 0 saturated heterocycles. The smallest absolute Gasteiger partial charge is 0.854 e. The summed E-state index contributed by atoms with van der Waals surface area (Å²) in [6.07, 6.45) is 6.23. The standard InChI is InChI=1S/2C5H11O.Ca/c2*1-2-3-4-5-6;/h2*2-5H2,1H3;/q2*-1;+2. The zero-order valence-electron chi connectivity index (χ0n) is 9.18. The average molecular weight is 214 g/mol. The summed E-state index contributed by atoms with van der Waals surface area (Å²) in [5.74, 6) is 0. The molecule has 76 valence electrons. The van der Waals surface area contributed by atoms with Crippen LogP contribution in [0.2, 0.25) is 0 Å². The molecule has 0 aliphatic rings. The summed E-state index contributed by atoms with van der Waals surface area (Å²) in [6.45, 7) is 4.40. The van der Waals surface area contributed by atoms with Crippen molar-refractivity contribution in [1.29, 1.82) is 0 Å². The van der Waals surface area contributed by atoms with E-state index in [1.165, 1.54) is 0 Å². The summed E-state index contributed by atoms with van der Waals surface area (Å²) in [7, 11) is 0. The first kappa shape index (κ1) is 19.7. The SMILES string of the molecule is CCCCC[O-].CCCCC[O-].[Ca+2]. The van der Waals surface area contributed by atoms with Crippen LogP contribution in [0.25, 0.3) is 0 Å². The molecule has 0 aliphatic heterocycles. The summed E-state index contributed by atoms with van der Waals surface area (Å²) in [5.41, 5.74) is 0. The zero-order valence-corrected chi connectivity index (χ0v) is 11.4. The summed E-state index contributed by atoms with van der Waals surface area (Å²) in [6, 6.07) is 0. The Bertz CT molecular complexity index is 44.9. The Kier molecular flexibility index (Phi) is 35.2. The molecule has 0 spiro atoms. The number of rotatable bonds is 6. The van der Waals surface area contributed by atoms with E-state index in [1.54, 1.807) is 0 Å². The third kappa shape index (κ3) is 32.0. The van der Waals surface area contributed by atoms with E-state index in [0.717, 1.165) is 38.5 Å². The minimum absolute atomic E-state index is 0. The predicted octanol–water partition coefficient (Wildman–Crippen LogP) is 0.693. The summed E-state index contributed by atoms with van der Waals surface area (Å²) < 4.78 is 0. The van der Waals surface area contributed by atoms with Crippen LogP contribution in [0.5, 0.6) is 0 Å². The van der Waals surface area contributed by atoms with Gasteiger partial charge in [0.05, 0.1) is 0 Å². The molecule has 13 heavy (non-hydrogen) atoms. The Labute approximate surface area is 113 Å². The van der Waals surface area contributed by atoms with E-state index in [2.05, 4.69) is 13.8 Å². The van der Waals surface area contributed by atoms with Crippen molar-refractivity contribution in [3.8, 4) is 0 Å². The molecule has 3 heteroatoms. The van der Waals surface area contributed by atoms with Gasteiger partial charge in [0.25, 0.3) is 0 Å². The molecule has 0 aromatic carbocycles. The first-order valence-corrected chi connectivity index (χ1v) is 4.99. The van der Waals surface area contributed by atoms with Crippen LogP contribution in [-0.2, 0) is 0 Å². The molecule has 0 aliphatic carbocycles. The molecular formula is C10H22CaO2. The predicted molar refractivity (Wildman–Crippen MR) is 54.5 cm³/mol. The summed E-state index contributed by atoms with van der Waals surface area (Å²) in [5, 5.41) is 19.4. The van der Waals surface area contributed by atoms with Crippen LogP contribution >= 0.6 is 0 Å². The Balaban J connectivity index is -0.000000143. The van der Waals surface area contributed by atoms with Crippen molar-refractivity contribution in [2.24, 2.45) is 0 Å². The van der Waals surface area contributed by atoms with Gasteiger partial charge in [-0.15, -0.1) is 13.2 Å². The molecular weight excluding hydrogens is 192 g/mol. The third-order valence-corrected chi connectivity index (χ3v) is 1.50. The topological polar surface area (TPSA) is 46.1 Å². The van der Waals surface area contributed by atoms with Crippen LogP contribution in [0.3, 0.4) is 0 Å². The maximum atomic E-state index is 9.69. The van der Waals surface area contributed by atoms with Gasteiger partial charge >= 0.3 is 37.7 Å². The normalized spacial score (nSPS) is 8.31. The van der Waals surface area contributed by atoms with E-state index in [1.807, 2.05) is 0 Å². The third-order valence-electron chi connectivity index (χ3n) is 1.50. The fourth-order valence-corrected chi connectivity index (χ4v) is 0.704. The van der Waals surface area contributed by atoms with Crippen molar-refractivity contribution in [2.75, 3.05) is 13.2 Å². The molecule has 2 nitrogen and oxygen atoms in total. The van der Waals surface area contributed by atoms with Crippen molar-refractivity contribution in [3.63, 3.8) is 0 Å². The van der Waals surface area contributed by atoms with Crippen LogP contribution in [0.15, 0.2) is 0 Å². The van der Waals surface area contributed by atoms with Gasteiger partial charge < -0.3 is 10.2 Å². The Morgan fingerprint density at radius 3 is 1.08 bits per heavy atom. The molecule has 0 unspecified atom stereocenters. The second-order valence-electron chi connectivity index (χ2n) is 2.82. The number of unbranched alkanes of at least 4 members (excludes halogenated alkanes) is 4. The van der Waals surface area contributed by atoms with E-state index in [9.17, 15) is 10.2 Å². The van der Waals surface area contributed by atoms with Gasteiger partial charge in [-0.05, 0) is 0 Å². The van der Waals surface area contributed by atoms with Crippen LogP contribution in [0.4, 0.5) is 0 Å².